The Morgan fingerprint density at radius 2 is 1.57 bits per heavy atom. The highest BCUT2D eigenvalue weighted by atomic mass is 16.4. The van der Waals surface area contributed by atoms with Crippen molar-refractivity contribution in [1.29, 1.82) is 0 Å². The molecule has 28 heavy (non-hydrogen) atoms. The number of carbonyl (C=O) groups excluding carboxylic acids is 1. The third-order valence-corrected chi connectivity index (χ3v) is 5.22. The van der Waals surface area contributed by atoms with E-state index in [0.717, 1.165) is 40.7 Å². The molecule has 0 spiro atoms. The summed E-state index contributed by atoms with van der Waals surface area (Å²) >= 11 is 0. The van der Waals surface area contributed by atoms with E-state index in [1.54, 1.807) is 0 Å². The molecule has 0 unspecified atom stereocenters. The number of carboxylic acid groups (broad SMARTS) is 1. The SMILES string of the molecule is O=C(O)Cc1cccc(N2CCN(C(=O)c3cccc4ccccc34)CC2)c1. The summed E-state index contributed by atoms with van der Waals surface area (Å²) in [7, 11) is 0. The van der Waals surface area contributed by atoms with Gasteiger partial charge in [-0.05, 0) is 34.5 Å². The van der Waals surface area contributed by atoms with Crippen molar-refractivity contribution in [1.82, 2.24) is 4.90 Å². The highest BCUT2D eigenvalue weighted by molar-refractivity contribution is 6.07. The second-order valence-corrected chi connectivity index (χ2v) is 7.05. The summed E-state index contributed by atoms with van der Waals surface area (Å²) < 4.78 is 0. The van der Waals surface area contributed by atoms with Crippen LogP contribution in [0.3, 0.4) is 0 Å². The minimum Gasteiger partial charge on any atom is -0.481 e. The first kappa shape index (κ1) is 18.0. The highest BCUT2D eigenvalue weighted by Crippen LogP contribution is 2.22. The molecule has 3 aromatic carbocycles. The number of carboxylic acids is 1. The van der Waals surface area contributed by atoms with Gasteiger partial charge in [-0.25, -0.2) is 0 Å². The van der Waals surface area contributed by atoms with Gasteiger partial charge in [0.05, 0.1) is 6.42 Å². The first-order valence-corrected chi connectivity index (χ1v) is 9.44. The number of piperazine rings is 1. The smallest absolute Gasteiger partial charge is 0.307 e. The zero-order chi connectivity index (χ0) is 19.5. The van der Waals surface area contributed by atoms with Crippen LogP contribution in [0, 0.1) is 0 Å². The van der Waals surface area contributed by atoms with Crippen LogP contribution in [0.1, 0.15) is 15.9 Å². The van der Waals surface area contributed by atoms with Crippen LogP contribution in [-0.4, -0.2) is 48.1 Å². The molecule has 1 fully saturated rings. The summed E-state index contributed by atoms with van der Waals surface area (Å²) in [6, 6.07) is 21.4. The number of rotatable bonds is 4. The fraction of sp³-hybridized carbons (Fsp3) is 0.217. The lowest BCUT2D eigenvalue weighted by molar-refractivity contribution is -0.136. The lowest BCUT2D eigenvalue weighted by atomic mass is 10.0. The van der Waals surface area contributed by atoms with Crippen molar-refractivity contribution >= 4 is 28.3 Å². The molecule has 0 aliphatic carbocycles. The van der Waals surface area contributed by atoms with Crippen molar-refractivity contribution in [3.05, 3.63) is 77.9 Å². The van der Waals surface area contributed by atoms with E-state index in [-0.39, 0.29) is 12.3 Å². The quantitative estimate of drug-likeness (QED) is 0.760. The summed E-state index contributed by atoms with van der Waals surface area (Å²) in [5.41, 5.74) is 2.55. The van der Waals surface area contributed by atoms with Crippen LogP contribution in [0.15, 0.2) is 66.7 Å². The summed E-state index contributed by atoms with van der Waals surface area (Å²) in [5.74, 6) is -0.765. The molecule has 1 aliphatic heterocycles. The molecule has 1 amide bonds. The fourth-order valence-electron chi connectivity index (χ4n) is 3.79. The predicted molar refractivity (Wildman–Crippen MR) is 110 cm³/mol. The molecule has 0 atom stereocenters. The molecule has 0 aromatic heterocycles. The molecule has 3 aromatic rings. The van der Waals surface area contributed by atoms with Gasteiger partial charge in [0.2, 0.25) is 0 Å². The van der Waals surface area contributed by atoms with E-state index >= 15 is 0 Å². The molecule has 0 radical (unpaired) electrons. The second kappa shape index (κ2) is 7.72. The van der Waals surface area contributed by atoms with Crippen molar-refractivity contribution in [2.45, 2.75) is 6.42 Å². The molecule has 142 valence electrons. The average molecular weight is 374 g/mol. The fourth-order valence-corrected chi connectivity index (χ4v) is 3.79. The zero-order valence-electron chi connectivity index (χ0n) is 15.5. The van der Waals surface area contributed by atoms with E-state index < -0.39 is 5.97 Å². The Hall–Kier alpha value is -3.34. The zero-order valence-corrected chi connectivity index (χ0v) is 15.5. The normalized spacial score (nSPS) is 14.3. The maximum absolute atomic E-state index is 13.1. The topological polar surface area (TPSA) is 60.9 Å². The van der Waals surface area contributed by atoms with Crippen molar-refractivity contribution in [3.8, 4) is 0 Å². The first-order valence-electron chi connectivity index (χ1n) is 9.44. The van der Waals surface area contributed by atoms with Gasteiger partial charge in [-0.3, -0.25) is 9.59 Å². The minimum atomic E-state index is -0.831. The molecule has 5 nitrogen and oxygen atoms in total. The van der Waals surface area contributed by atoms with Crippen LogP contribution in [0.25, 0.3) is 10.8 Å². The molecular formula is C23H22N2O3. The van der Waals surface area contributed by atoms with Crippen LogP contribution in [0.5, 0.6) is 0 Å². The molecule has 4 rings (SSSR count). The average Bonchev–Trinajstić information content (AvgIpc) is 2.73. The maximum Gasteiger partial charge on any atom is 0.307 e. The second-order valence-electron chi connectivity index (χ2n) is 7.05. The van der Waals surface area contributed by atoms with Gasteiger partial charge >= 0.3 is 5.97 Å². The minimum absolute atomic E-state index is 0.0212. The van der Waals surface area contributed by atoms with E-state index in [0.29, 0.717) is 13.1 Å². The Balaban J connectivity index is 1.47. The molecule has 1 N–H and O–H groups in total. The van der Waals surface area contributed by atoms with Gasteiger partial charge in [-0.15, -0.1) is 0 Å². The molecule has 1 heterocycles. The molecule has 1 saturated heterocycles. The number of anilines is 1. The van der Waals surface area contributed by atoms with Gasteiger partial charge in [0, 0.05) is 37.4 Å². The number of hydrogen-bond donors (Lipinski definition) is 1. The lowest BCUT2D eigenvalue weighted by Gasteiger charge is -2.36. The Morgan fingerprint density at radius 1 is 0.857 bits per heavy atom. The maximum atomic E-state index is 13.1. The Labute approximate surface area is 163 Å². The van der Waals surface area contributed by atoms with Crippen molar-refractivity contribution in [3.63, 3.8) is 0 Å². The molecule has 0 bridgehead atoms. The number of amides is 1. The standard InChI is InChI=1S/C23H22N2O3/c26-22(27)16-17-5-3-8-19(15-17)24-11-13-25(14-12-24)23(28)21-10-4-7-18-6-1-2-9-20(18)21/h1-10,15H,11-14,16H2,(H,26,27). The monoisotopic (exact) mass is 374 g/mol. The van der Waals surface area contributed by atoms with E-state index in [2.05, 4.69) is 4.90 Å². The molecule has 1 aliphatic rings. The van der Waals surface area contributed by atoms with E-state index in [1.165, 1.54) is 0 Å². The summed E-state index contributed by atoms with van der Waals surface area (Å²) in [6.45, 7) is 2.75. The number of carbonyl (C=O) groups is 2. The predicted octanol–water partition coefficient (Wildman–Crippen LogP) is 3.43. The van der Waals surface area contributed by atoms with Gasteiger partial charge in [0.1, 0.15) is 0 Å². The number of nitrogens with zero attached hydrogens (tertiary/aromatic N) is 2. The van der Waals surface area contributed by atoms with Crippen LogP contribution < -0.4 is 4.90 Å². The van der Waals surface area contributed by atoms with E-state index in [9.17, 15) is 9.59 Å². The van der Waals surface area contributed by atoms with Crippen LogP contribution in [0.4, 0.5) is 5.69 Å². The summed E-state index contributed by atoms with van der Waals surface area (Å²) in [5, 5.41) is 11.0. The number of hydrogen-bond acceptors (Lipinski definition) is 3. The Morgan fingerprint density at radius 3 is 2.36 bits per heavy atom. The van der Waals surface area contributed by atoms with Gasteiger partial charge in [0.15, 0.2) is 0 Å². The number of benzene rings is 3. The van der Waals surface area contributed by atoms with Crippen molar-refractivity contribution in [2.75, 3.05) is 31.1 Å². The van der Waals surface area contributed by atoms with Gasteiger partial charge in [-0.2, -0.15) is 0 Å². The highest BCUT2D eigenvalue weighted by Gasteiger charge is 2.23. The van der Waals surface area contributed by atoms with Crippen molar-refractivity contribution < 1.29 is 14.7 Å². The van der Waals surface area contributed by atoms with E-state index in [4.69, 9.17) is 5.11 Å². The van der Waals surface area contributed by atoms with Crippen molar-refractivity contribution in [2.24, 2.45) is 0 Å². The van der Waals surface area contributed by atoms with Crippen LogP contribution >= 0.6 is 0 Å². The molecular weight excluding hydrogens is 352 g/mol. The molecule has 5 heteroatoms. The summed E-state index contributed by atoms with van der Waals surface area (Å²) in [4.78, 5) is 28.1. The van der Waals surface area contributed by atoms with E-state index in [1.807, 2.05) is 71.6 Å². The third kappa shape index (κ3) is 3.69. The third-order valence-electron chi connectivity index (χ3n) is 5.22. The van der Waals surface area contributed by atoms with Crippen LogP contribution in [0.2, 0.25) is 0 Å². The largest absolute Gasteiger partial charge is 0.481 e. The van der Waals surface area contributed by atoms with Gasteiger partial charge in [0.25, 0.3) is 5.91 Å². The Bertz CT molecular complexity index is 1020. The lowest BCUT2D eigenvalue weighted by Crippen LogP contribution is -2.48. The van der Waals surface area contributed by atoms with Crippen LogP contribution in [-0.2, 0) is 11.2 Å². The van der Waals surface area contributed by atoms with Gasteiger partial charge < -0.3 is 14.9 Å². The number of fused-ring (bicyclic) bond motifs is 1. The Kier molecular flexibility index (Phi) is 4.98. The molecule has 0 saturated carbocycles. The first-order chi connectivity index (χ1) is 13.6. The van der Waals surface area contributed by atoms with Gasteiger partial charge in [-0.1, -0.05) is 48.5 Å². The summed E-state index contributed by atoms with van der Waals surface area (Å²) in [6.07, 6.45) is 0.0212. The number of aliphatic carboxylic acids is 1.